The third kappa shape index (κ3) is 4.92. The molecule has 1 aliphatic heterocycles. The highest BCUT2D eigenvalue weighted by molar-refractivity contribution is 8.02. The number of thioether (sulfide) groups is 1. The van der Waals surface area contributed by atoms with Gasteiger partial charge in [0.1, 0.15) is 5.76 Å². The van der Waals surface area contributed by atoms with E-state index in [4.69, 9.17) is 9.15 Å². The molecular formula is C19H20N2O4S. The minimum Gasteiger partial charge on any atom is -0.487 e. The summed E-state index contributed by atoms with van der Waals surface area (Å²) in [5.74, 6) is 1.42. The summed E-state index contributed by atoms with van der Waals surface area (Å²) in [6.07, 6.45) is 2.22. The monoisotopic (exact) mass is 372 g/mol. The van der Waals surface area contributed by atoms with Crippen LogP contribution >= 0.6 is 11.8 Å². The molecule has 1 aromatic heterocycles. The van der Waals surface area contributed by atoms with Crippen molar-refractivity contribution in [2.75, 3.05) is 17.7 Å². The Morgan fingerprint density at radius 1 is 1.23 bits per heavy atom. The van der Waals surface area contributed by atoms with Crippen molar-refractivity contribution < 1.29 is 18.7 Å². The lowest BCUT2D eigenvalue weighted by Crippen LogP contribution is -2.34. The average molecular weight is 372 g/mol. The number of nitrogens with one attached hydrogen (secondary N) is 2. The predicted octanol–water partition coefficient (Wildman–Crippen LogP) is 3.18. The molecule has 0 saturated heterocycles. The fourth-order valence-electron chi connectivity index (χ4n) is 2.51. The number of benzene rings is 1. The molecule has 2 aromatic rings. The van der Waals surface area contributed by atoms with Crippen molar-refractivity contribution in [1.29, 1.82) is 0 Å². The summed E-state index contributed by atoms with van der Waals surface area (Å²) < 4.78 is 10.6. The van der Waals surface area contributed by atoms with E-state index in [-0.39, 0.29) is 17.9 Å². The van der Waals surface area contributed by atoms with E-state index in [0.29, 0.717) is 30.0 Å². The van der Waals surface area contributed by atoms with Crippen LogP contribution in [0, 0.1) is 0 Å². The second-order valence-electron chi connectivity index (χ2n) is 5.89. The van der Waals surface area contributed by atoms with E-state index in [1.165, 1.54) is 11.8 Å². The summed E-state index contributed by atoms with van der Waals surface area (Å²) in [6.45, 7) is 2.43. The molecule has 3 rings (SSSR count). The first kappa shape index (κ1) is 18.1. The molecule has 0 fully saturated rings. The molecule has 0 spiro atoms. The fraction of sp³-hybridized carbons (Fsp3) is 0.263. The zero-order valence-electron chi connectivity index (χ0n) is 14.4. The highest BCUT2D eigenvalue weighted by Crippen LogP contribution is 2.18. The van der Waals surface area contributed by atoms with Gasteiger partial charge >= 0.3 is 0 Å². The SMILES string of the molecule is C[C@@H](Cc1ccco1)NC(=O)c1cccc(NC(=O)C2=CSCCO2)c1. The Morgan fingerprint density at radius 2 is 2.12 bits per heavy atom. The molecule has 1 aromatic carbocycles. The van der Waals surface area contributed by atoms with Crippen LogP contribution in [0.3, 0.4) is 0 Å². The van der Waals surface area contributed by atoms with Crippen LogP contribution in [0.25, 0.3) is 0 Å². The van der Waals surface area contributed by atoms with Gasteiger partial charge in [0.2, 0.25) is 0 Å². The highest BCUT2D eigenvalue weighted by atomic mass is 32.2. The Bertz CT molecular complexity index is 802. The molecule has 6 nitrogen and oxygen atoms in total. The molecule has 1 aliphatic rings. The van der Waals surface area contributed by atoms with Crippen LogP contribution in [0.2, 0.25) is 0 Å². The van der Waals surface area contributed by atoms with Crippen molar-refractivity contribution in [3.8, 4) is 0 Å². The average Bonchev–Trinajstić information content (AvgIpc) is 3.15. The van der Waals surface area contributed by atoms with Gasteiger partial charge in [0, 0.05) is 34.9 Å². The molecule has 2 amide bonds. The van der Waals surface area contributed by atoms with Gasteiger partial charge in [-0.1, -0.05) is 6.07 Å². The molecule has 2 heterocycles. The van der Waals surface area contributed by atoms with Crippen molar-refractivity contribution >= 4 is 29.3 Å². The van der Waals surface area contributed by atoms with E-state index in [1.54, 1.807) is 35.9 Å². The second kappa shape index (κ2) is 8.62. The quantitative estimate of drug-likeness (QED) is 0.814. The smallest absolute Gasteiger partial charge is 0.291 e. The highest BCUT2D eigenvalue weighted by Gasteiger charge is 2.16. The van der Waals surface area contributed by atoms with Crippen molar-refractivity contribution in [2.24, 2.45) is 0 Å². The fourth-order valence-corrected chi connectivity index (χ4v) is 3.13. The third-order valence-electron chi connectivity index (χ3n) is 3.72. The lowest BCUT2D eigenvalue weighted by molar-refractivity contribution is -0.116. The number of carbonyl (C=O) groups is 2. The van der Waals surface area contributed by atoms with Gasteiger partial charge in [-0.2, -0.15) is 0 Å². The van der Waals surface area contributed by atoms with Crippen LogP contribution in [0.4, 0.5) is 5.69 Å². The minimum absolute atomic E-state index is 0.0790. The summed E-state index contributed by atoms with van der Waals surface area (Å²) in [5, 5.41) is 7.38. The van der Waals surface area contributed by atoms with Gasteiger partial charge in [-0.05, 0) is 37.3 Å². The molecule has 1 atom stereocenters. The number of rotatable bonds is 6. The van der Waals surface area contributed by atoms with Crippen LogP contribution < -0.4 is 10.6 Å². The molecule has 7 heteroatoms. The number of anilines is 1. The second-order valence-corrected chi connectivity index (χ2v) is 6.87. The van der Waals surface area contributed by atoms with Gasteiger partial charge in [0.25, 0.3) is 11.8 Å². The van der Waals surface area contributed by atoms with E-state index < -0.39 is 0 Å². The summed E-state index contributed by atoms with van der Waals surface area (Å²) in [6, 6.07) is 10.4. The lowest BCUT2D eigenvalue weighted by atomic mass is 10.1. The van der Waals surface area contributed by atoms with Gasteiger partial charge < -0.3 is 19.8 Å². The van der Waals surface area contributed by atoms with Gasteiger partial charge in [0.05, 0.1) is 12.9 Å². The van der Waals surface area contributed by atoms with Gasteiger partial charge in [-0.3, -0.25) is 9.59 Å². The number of ether oxygens (including phenoxy) is 1. The molecule has 26 heavy (non-hydrogen) atoms. The molecule has 2 N–H and O–H groups in total. The molecule has 0 unspecified atom stereocenters. The van der Waals surface area contributed by atoms with Crippen LogP contribution in [0.5, 0.6) is 0 Å². The maximum atomic E-state index is 12.4. The lowest BCUT2D eigenvalue weighted by Gasteiger charge is -2.15. The number of furan rings is 1. The Hall–Kier alpha value is -2.67. The van der Waals surface area contributed by atoms with Crippen molar-refractivity contribution in [2.45, 2.75) is 19.4 Å². The third-order valence-corrected chi connectivity index (χ3v) is 4.50. The van der Waals surface area contributed by atoms with E-state index in [1.807, 2.05) is 19.1 Å². The first-order chi connectivity index (χ1) is 12.6. The first-order valence-corrected chi connectivity index (χ1v) is 9.36. The van der Waals surface area contributed by atoms with Gasteiger partial charge in [-0.15, -0.1) is 11.8 Å². The number of amides is 2. The number of hydrogen-bond acceptors (Lipinski definition) is 5. The molecular weight excluding hydrogens is 352 g/mol. The zero-order valence-corrected chi connectivity index (χ0v) is 15.2. The summed E-state index contributed by atoms with van der Waals surface area (Å²) in [5.41, 5.74) is 1.02. The Balaban J connectivity index is 1.60. The van der Waals surface area contributed by atoms with Crippen LogP contribution in [0.15, 0.2) is 58.2 Å². The summed E-state index contributed by atoms with van der Waals surface area (Å²) in [4.78, 5) is 24.6. The van der Waals surface area contributed by atoms with E-state index in [0.717, 1.165) is 11.5 Å². The van der Waals surface area contributed by atoms with E-state index in [9.17, 15) is 9.59 Å². The largest absolute Gasteiger partial charge is 0.487 e. The summed E-state index contributed by atoms with van der Waals surface area (Å²) in [7, 11) is 0. The van der Waals surface area contributed by atoms with Crippen molar-refractivity contribution in [1.82, 2.24) is 5.32 Å². The molecule has 0 bridgehead atoms. The molecule has 136 valence electrons. The van der Waals surface area contributed by atoms with Crippen molar-refractivity contribution in [3.63, 3.8) is 0 Å². The molecule has 0 aliphatic carbocycles. The van der Waals surface area contributed by atoms with E-state index >= 15 is 0 Å². The van der Waals surface area contributed by atoms with E-state index in [2.05, 4.69) is 10.6 Å². The van der Waals surface area contributed by atoms with Crippen LogP contribution in [-0.2, 0) is 16.0 Å². The Labute approximate surface area is 156 Å². The van der Waals surface area contributed by atoms with Gasteiger partial charge in [-0.25, -0.2) is 0 Å². The predicted molar refractivity (Wildman–Crippen MR) is 101 cm³/mol. The zero-order chi connectivity index (χ0) is 18.4. The van der Waals surface area contributed by atoms with Crippen LogP contribution in [0.1, 0.15) is 23.0 Å². The molecule has 0 radical (unpaired) electrons. The van der Waals surface area contributed by atoms with Crippen LogP contribution in [-0.4, -0.2) is 30.2 Å². The standard InChI is InChI=1S/C19H20N2O4S/c1-13(10-16-6-3-7-24-16)20-18(22)14-4-2-5-15(11-14)21-19(23)17-12-26-9-8-25-17/h2-7,11-13H,8-10H2,1H3,(H,20,22)(H,21,23)/t13-/m0/s1. The van der Waals surface area contributed by atoms with Crippen molar-refractivity contribution in [3.05, 3.63) is 65.2 Å². The minimum atomic E-state index is -0.319. The maximum absolute atomic E-state index is 12.4. The normalized spacial score (nSPS) is 14.7. The van der Waals surface area contributed by atoms with Gasteiger partial charge in [0.15, 0.2) is 5.76 Å². The topological polar surface area (TPSA) is 80.6 Å². The number of hydrogen-bond donors (Lipinski definition) is 2. The Kier molecular flexibility index (Phi) is 6.01. The summed E-state index contributed by atoms with van der Waals surface area (Å²) >= 11 is 1.54. The Morgan fingerprint density at radius 3 is 2.85 bits per heavy atom. The molecule has 0 saturated carbocycles. The first-order valence-electron chi connectivity index (χ1n) is 8.31. The number of carbonyl (C=O) groups excluding carboxylic acids is 2. The maximum Gasteiger partial charge on any atom is 0.291 e.